The Balaban J connectivity index is 2.57. The van der Waals surface area contributed by atoms with Crippen molar-refractivity contribution in [2.24, 2.45) is 7.05 Å². The zero-order valence-electron chi connectivity index (χ0n) is 10.4. The van der Waals surface area contributed by atoms with E-state index in [4.69, 9.17) is 23.2 Å². The van der Waals surface area contributed by atoms with Gasteiger partial charge in [0.05, 0.1) is 0 Å². The average molecular weight is 325 g/mol. The van der Waals surface area contributed by atoms with Crippen LogP contribution in [0.1, 0.15) is 5.56 Å². The summed E-state index contributed by atoms with van der Waals surface area (Å²) < 4.78 is 43.7. The van der Waals surface area contributed by atoms with Crippen molar-refractivity contribution in [2.45, 2.75) is 13.5 Å². The third kappa shape index (κ3) is 2.71. The summed E-state index contributed by atoms with van der Waals surface area (Å²) in [6.45, 7) is -1.37. The van der Waals surface area contributed by atoms with Crippen molar-refractivity contribution >= 4 is 23.2 Å². The number of aryl methyl sites for hydroxylation is 2. The molecular weight excluding hydrogens is 316 g/mol. The molecule has 2 aromatic rings. The number of rotatable bonds is 3. The van der Waals surface area contributed by atoms with Crippen LogP contribution < -0.4 is 4.74 Å². The Labute approximate surface area is 122 Å². The summed E-state index contributed by atoms with van der Waals surface area (Å²) in [5.41, 5.74) is 0.694. The molecule has 1 aromatic carbocycles. The van der Waals surface area contributed by atoms with Crippen molar-refractivity contribution in [3.05, 3.63) is 33.6 Å². The Hall–Kier alpha value is -1.40. The van der Waals surface area contributed by atoms with Crippen molar-refractivity contribution < 1.29 is 17.9 Å². The average Bonchev–Trinajstić information content (AvgIpc) is 2.61. The summed E-state index contributed by atoms with van der Waals surface area (Å²) in [4.78, 5) is 0. The molecule has 20 heavy (non-hydrogen) atoms. The fraction of sp³-hybridized carbons (Fsp3) is 0.250. The third-order valence-corrected chi connectivity index (χ3v) is 3.39. The zero-order valence-corrected chi connectivity index (χ0v) is 11.9. The number of nitrogens with zero attached hydrogens (tertiary/aromatic N) is 2. The van der Waals surface area contributed by atoms with Gasteiger partial charge in [-0.15, -0.1) is 0 Å². The van der Waals surface area contributed by atoms with E-state index in [1.807, 2.05) is 0 Å². The molecule has 1 aromatic heterocycles. The van der Waals surface area contributed by atoms with Crippen molar-refractivity contribution in [3.8, 4) is 17.1 Å². The van der Waals surface area contributed by atoms with Crippen molar-refractivity contribution in [1.29, 1.82) is 0 Å². The maximum absolute atomic E-state index is 13.9. The van der Waals surface area contributed by atoms with Crippen LogP contribution in [-0.2, 0) is 7.05 Å². The summed E-state index contributed by atoms with van der Waals surface area (Å²) >= 11 is 11.7. The Morgan fingerprint density at radius 1 is 1.30 bits per heavy atom. The van der Waals surface area contributed by atoms with Crippen molar-refractivity contribution in [1.82, 2.24) is 9.78 Å². The lowest BCUT2D eigenvalue weighted by molar-refractivity contribution is -0.0552. The molecule has 0 amide bonds. The first-order valence-electron chi connectivity index (χ1n) is 5.44. The lowest BCUT2D eigenvalue weighted by Gasteiger charge is -2.05. The molecule has 0 spiro atoms. The Bertz CT molecular complexity index is 659. The minimum Gasteiger partial charge on any atom is -0.416 e. The lowest BCUT2D eigenvalue weighted by Crippen LogP contribution is -2.06. The molecule has 0 aliphatic rings. The highest BCUT2D eigenvalue weighted by molar-refractivity contribution is 6.34. The van der Waals surface area contributed by atoms with Crippen molar-refractivity contribution in [2.75, 3.05) is 0 Å². The number of benzene rings is 1. The SMILES string of the molecule is Cc1cc(-c2nn(C)c(OC(F)F)c2Cl)c(F)cc1Cl. The van der Waals surface area contributed by atoms with Crippen LogP contribution in [0, 0.1) is 12.7 Å². The van der Waals surface area contributed by atoms with Gasteiger partial charge in [-0.05, 0) is 24.6 Å². The molecule has 0 bridgehead atoms. The molecule has 2 rings (SSSR count). The first-order chi connectivity index (χ1) is 9.31. The van der Waals surface area contributed by atoms with E-state index in [1.54, 1.807) is 6.92 Å². The van der Waals surface area contributed by atoms with Gasteiger partial charge in [-0.1, -0.05) is 23.2 Å². The predicted octanol–water partition coefficient (Wildman–Crippen LogP) is 4.44. The van der Waals surface area contributed by atoms with Gasteiger partial charge < -0.3 is 4.74 Å². The summed E-state index contributed by atoms with van der Waals surface area (Å²) in [6, 6.07) is 2.56. The molecule has 0 fully saturated rings. The number of aromatic nitrogens is 2. The summed E-state index contributed by atoms with van der Waals surface area (Å²) in [5, 5.41) is 3.97. The topological polar surface area (TPSA) is 27.1 Å². The number of alkyl halides is 2. The molecule has 0 aliphatic heterocycles. The number of hydrogen-bond donors (Lipinski definition) is 0. The van der Waals surface area contributed by atoms with Gasteiger partial charge in [-0.3, -0.25) is 0 Å². The summed E-state index contributed by atoms with van der Waals surface area (Å²) in [7, 11) is 1.37. The van der Waals surface area contributed by atoms with E-state index in [0.29, 0.717) is 5.56 Å². The molecule has 0 atom stereocenters. The van der Waals surface area contributed by atoms with Gasteiger partial charge in [0.15, 0.2) is 0 Å². The van der Waals surface area contributed by atoms with Crippen LogP contribution in [0.5, 0.6) is 5.88 Å². The van der Waals surface area contributed by atoms with Crippen LogP contribution in [-0.4, -0.2) is 16.4 Å². The van der Waals surface area contributed by atoms with E-state index < -0.39 is 12.4 Å². The molecule has 0 N–H and O–H groups in total. The van der Waals surface area contributed by atoms with Crippen LogP contribution in [0.25, 0.3) is 11.3 Å². The van der Waals surface area contributed by atoms with E-state index in [9.17, 15) is 13.2 Å². The Morgan fingerprint density at radius 2 is 1.95 bits per heavy atom. The van der Waals surface area contributed by atoms with E-state index in [-0.39, 0.29) is 27.2 Å². The van der Waals surface area contributed by atoms with Gasteiger partial charge in [0.25, 0.3) is 0 Å². The smallest absolute Gasteiger partial charge is 0.388 e. The second-order valence-electron chi connectivity index (χ2n) is 4.05. The molecule has 3 nitrogen and oxygen atoms in total. The third-order valence-electron chi connectivity index (χ3n) is 2.64. The van der Waals surface area contributed by atoms with Crippen LogP contribution in [0.4, 0.5) is 13.2 Å². The Morgan fingerprint density at radius 3 is 2.55 bits per heavy atom. The molecule has 0 saturated heterocycles. The van der Waals surface area contributed by atoms with E-state index in [2.05, 4.69) is 9.84 Å². The van der Waals surface area contributed by atoms with Gasteiger partial charge in [0, 0.05) is 17.6 Å². The maximum atomic E-state index is 13.9. The Kier molecular flexibility index (Phi) is 4.15. The fourth-order valence-electron chi connectivity index (χ4n) is 1.71. The first-order valence-corrected chi connectivity index (χ1v) is 6.20. The molecule has 0 radical (unpaired) electrons. The first kappa shape index (κ1) is 15.0. The van der Waals surface area contributed by atoms with Gasteiger partial charge in [0.1, 0.15) is 16.5 Å². The number of ether oxygens (including phenoxy) is 1. The van der Waals surface area contributed by atoms with Crippen molar-refractivity contribution in [3.63, 3.8) is 0 Å². The van der Waals surface area contributed by atoms with Gasteiger partial charge in [-0.2, -0.15) is 13.9 Å². The summed E-state index contributed by atoms with van der Waals surface area (Å²) in [6.07, 6.45) is 0. The van der Waals surface area contributed by atoms with Crippen LogP contribution in [0.15, 0.2) is 12.1 Å². The summed E-state index contributed by atoms with van der Waals surface area (Å²) in [5.74, 6) is -0.979. The van der Waals surface area contributed by atoms with Gasteiger partial charge in [0.2, 0.25) is 5.88 Å². The second-order valence-corrected chi connectivity index (χ2v) is 4.84. The largest absolute Gasteiger partial charge is 0.416 e. The predicted molar refractivity (Wildman–Crippen MR) is 70.0 cm³/mol. The molecular formula is C12H9Cl2F3N2O. The molecule has 0 unspecified atom stereocenters. The van der Waals surface area contributed by atoms with Crippen LogP contribution >= 0.6 is 23.2 Å². The molecule has 0 saturated carbocycles. The molecule has 1 heterocycles. The maximum Gasteiger partial charge on any atom is 0.388 e. The van der Waals surface area contributed by atoms with Crippen LogP contribution in [0.3, 0.4) is 0 Å². The van der Waals surface area contributed by atoms with Gasteiger partial charge >= 0.3 is 6.61 Å². The fourth-order valence-corrected chi connectivity index (χ4v) is 2.16. The van der Waals surface area contributed by atoms with Crippen LogP contribution in [0.2, 0.25) is 10.0 Å². The molecule has 108 valence electrons. The lowest BCUT2D eigenvalue weighted by atomic mass is 10.1. The van der Waals surface area contributed by atoms with Gasteiger partial charge in [-0.25, -0.2) is 9.07 Å². The molecule has 8 heteroatoms. The van der Waals surface area contributed by atoms with E-state index in [1.165, 1.54) is 13.1 Å². The zero-order chi connectivity index (χ0) is 15.0. The minimum absolute atomic E-state index is 0.0158. The van der Waals surface area contributed by atoms with E-state index in [0.717, 1.165) is 10.7 Å². The quantitative estimate of drug-likeness (QED) is 0.834. The standard InChI is InChI=1S/C12H9Cl2F3N2O/c1-5-3-6(8(15)4-7(5)13)10-9(14)11(19(2)18-10)20-12(16)17/h3-4,12H,1-2H3. The number of hydrogen-bond acceptors (Lipinski definition) is 2. The monoisotopic (exact) mass is 324 g/mol. The molecule has 0 aliphatic carbocycles. The van der Waals surface area contributed by atoms with E-state index >= 15 is 0 Å². The highest BCUT2D eigenvalue weighted by atomic mass is 35.5. The highest BCUT2D eigenvalue weighted by Crippen LogP contribution is 2.37. The highest BCUT2D eigenvalue weighted by Gasteiger charge is 2.22. The minimum atomic E-state index is -3.05. The normalized spacial score (nSPS) is 11.2. The second kappa shape index (κ2) is 5.54. The number of halogens is 5.